The highest BCUT2D eigenvalue weighted by Gasteiger charge is 2.23. The maximum absolute atomic E-state index is 5.41. The molecule has 1 aromatic carbocycles. The molecule has 100 valence electrons. The van der Waals surface area contributed by atoms with Gasteiger partial charge in [-0.25, -0.2) is 0 Å². The second-order valence-electron chi connectivity index (χ2n) is 5.13. The quantitative estimate of drug-likeness (QED) is 0.835. The molecule has 2 unspecified atom stereocenters. The summed E-state index contributed by atoms with van der Waals surface area (Å²) < 4.78 is 10.8. The van der Waals surface area contributed by atoms with Gasteiger partial charge in [-0.05, 0) is 55.5 Å². The second-order valence-corrected chi connectivity index (χ2v) is 5.13. The first-order chi connectivity index (χ1) is 8.69. The van der Waals surface area contributed by atoms with Gasteiger partial charge in [-0.15, -0.1) is 0 Å². The van der Waals surface area contributed by atoms with Crippen LogP contribution in [0, 0.1) is 5.92 Å². The van der Waals surface area contributed by atoms with Crippen molar-refractivity contribution in [2.45, 2.75) is 32.2 Å². The molecule has 3 heteroatoms. The predicted octanol–water partition coefficient (Wildman–Crippen LogP) is 2.94. The molecule has 1 aromatic rings. The molecule has 0 aromatic heterocycles. The van der Waals surface area contributed by atoms with Gasteiger partial charge in [-0.1, -0.05) is 6.92 Å². The van der Waals surface area contributed by atoms with Gasteiger partial charge in [-0.3, -0.25) is 0 Å². The average Bonchev–Trinajstić information content (AvgIpc) is 2.56. The van der Waals surface area contributed by atoms with Crippen LogP contribution in [0.25, 0.3) is 0 Å². The third-order valence-corrected chi connectivity index (χ3v) is 3.91. The van der Waals surface area contributed by atoms with Crippen molar-refractivity contribution in [3.05, 3.63) is 23.3 Å². The van der Waals surface area contributed by atoms with Crippen molar-refractivity contribution in [1.82, 2.24) is 5.32 Å². The Hall–Kier alpha value is -1.22. The van der Waals surface area contributed by atoms with E-state index in [-0.39, 0.29) is 0 Å². The molecule has 0 saturated carbocycles. The summed E-state index contributed by atoms with van der Waals surface area (Å²) in [5.41, 5.74) is 2.75. The first-order valence-corrected chi connectivity index (χ1v) is 6.61. The molecule has 1 aliphatic carbocycles. The summed E-state index contributed by atoms with van der Waals surface area (Å²) in [6, 6.07) is 4.68. The number of hydrogen-bond acceptors (Lipinski definition) is 3. The molecule has 0 amide bonds. The van der Waals surface area contributed by atoms with Crippen LogP contribution < -0.4 is 14.8 Å². The largest absolute Gasteiger partial charge is 0.493 e. The Kier molecular flexibility index (Phi) is 4.12. The number of rotatable bonds is 3. The van der Waals surface area contributed by atoms with Crippen LogP contribution in [0.1, 0.15) is 36.9 Å². The smallest absolute Gasteiger partial charge is 0.161 e. The average molecular weight is 249 g/mol. The molecule has 1 aliphatic rings. The van der Waals surface area contributed by atoms with Crippen molar-refractivity contribution in [2.24, 2.45) is 5.92 Å². The van der Waals surface area contributed by atoms with Gasteiger partial charge >= 0.3 is 0 Å². The van der Waals surface area contributed by atoms with E-state index in [1.54, 1.807) is 14.2 Å². The molecule has 0 fully saturated rings. The normalized spacial score (nSPS) is 23.1. The number of methoxy groups -OCH3 is 2. The minimum atomic E-state index is 0.414. The Morgan fingerprint density at radius 2 is 1.83 bits per heavy atom. The van der Waals surface area contributed by atoms with Gasteiger partial charge in [0.05, 0.1) is 14.2 Å². The van der Waals surface area contributed by atoms with Crippen LogP contribution in [0.2, 0.25) is 0 Å². The predicted molar refractivity (Wildman–Crippen MR) is 73.4 cm³/mol. The van der Waals surface area contributed by atoms with Crippen molar-refractivity contribution < 1.29 is 9.47 Å². The summed E-state index contributed by atoms with van der Waals surface area (Å²) in [5, 5.41) is 3.42. The second kappa shape index (κ2) is 5.61. The standard InChI is InChI=1S/C15H23NO2/c1-10-5-6-11-8-14(17-3)15(18-4)9-12(11)13(7-10)16-2/h8-10,13,16H,5-7H2,1-4H3. The van der Waals surface area contributed by atoms with Crippen molar-refractivity contribution in [3.8, 4) is 11.5 Å². The van der Waals surface area contributed by atoms with E-state index in [1.165, 1.54) is 24.0 Å². The van der Waals surface area contributed by atoms with Crippen LogP contribution in [0.3, 0.4) is 0 Å². The summed E-state index contributed by atoms with van der Waals surface area (Å²) in [6.07, 6.45) is 3.54. The van der Waals surface area contributed by atoms with Crippen molar-refractivity contribution >= 4 is 0 Å². The molecule has 0 spiro atoms. The number of benzene rings is 1. The maximum Gasteiger partial charge on any atom is 0.161 e. The van der Waals surface area contributed by atoms with E-state index in [4.69, 9.17) is 9.47 Å². The van der Waals surface area contributed by atoms with E-state index < -0.39 is 0 Å². The van der Waals surface area contributed by atoms with E-state index in [0.29, 0.717) is 6.04 Å². The molecule has 0 radical (unpaired) electrons. The molecular weight excluding hydrogens is 226 g/mol. The van der Waals surface area contributed by atoms with Crippen LogP contribution >= 0.6 is 0 Å². The molecule has 3 nitrogen and oxygen atoms in total. The van der Waals surface area contributed by atoms with Gasteiger partial charge in [0.2, 0.25) is 0 Å². The summed E-state index contributed by atoms with van der Waals surface area (Å²) in [4.78, 5) is 0. The van der Waals surface area contributed by atoms with E-state index in [0.717, 1.165) is 23.8 Å². The highest BCUT2D eigenvalue weighted by Crippen LogP contribution is 2.38. The molecule has 2 rings (SSSR count). The van der Waals surface area contributed by atoms with Gasteiger partial charge < -0.3 is 14.8 Å². The zero-order valence-corrected chi connectivity index (χ0v) is 11.7. The van der Waals surface area contributed by atoms with E-state index >= 15 is 0 Å². The van der Waals surface area contributed by atoms with Gasteiger partial charge in [0, 0.05) is 6.04 Å². The topological polar surface area (TPSA) is 30.5 Å². The van der Waals surface area contributed by atoms with E-state index in [2.05, 4.69) is 24.4 Å². The van der Waals surface area contributed by atoms with Gasteiger partial charge in [-0.2, -0.15) is 0 Å². The number of fused-ring (bicyclic) bond motifs is 1. The van der Waals surface area contributed by atoms with Crippen LogP contribution in [0.4, 0.5) is 0 Å². The van der Waals surface area contributed by atoms with Gasteiger partial charge in [0.1, 0.15) is 0 Å². The molecule has 2 atom stereocenters. The van der Waals surface area contributed by atoms with Crippen molar-refractivity contribution in [3.63, 3.8) is 0 Å². The van der Waals surface area contributed by atoms with Gasteiger partial charge in [0.15, 0.2) is 11.5 Å². The van der Waals surface area contributed by atoms with Gasteiger partial charge in [0.25, 0.3) is 0 Å². The van der Waals surface area contributed by atoms with Crippen LogP contribution in [-0.4, -0.2) is 21.3 Å². The molecule has 1 N–H and O–H groups in total. The first-order valence-electron chi connectivity index (χ1n) is 6.61. The van der Waals surface area contributed by atoms with Crippen LogP contribution in [0.15, 0.2) is 12.1 Å². The van der Waals surface area contributed by atoms with E-state index in [9.17, 15) is 0 Å². The summed E-state index contributed by atoms with van der Waals surface area (Å²) in [7, 11) is 5.42. The van der Waals surface area contributed by atoms with Crippen molar-refractivity contribution in [1.29, 1.82) is 0 Å². The SMILES string of the molecule is CNC1CC(C)CCc2cc(OC)c(OC)cc21. The monoisotopic (exact) mass is 249 g/mol. The molecule has 0 heterocycles. The lowest BCUT2D eigenvalue weighted by Crippen LogP contribution is -2.18. The Balaban J connectivity index is 2.46. The van der Waals surface area contributed by atoms with Crippen molar-refractivity contribution in [2.75, 3.05) is 21.3 Å². The third-order valence-electron chi connectivity index (χ3n) is 3.91. The highest BCUT2D eigenvalue weighted by molar-refractivity contribution is 5.49. The number of ether oxygens (including phenoxy) is 2. The number of nitrogens with one attached hydrogen (secondary N) is 1. The Morgan fingerprint density at radius 1 is 1.17 bits per heavy atom. The molecule has 0 aliphatic heterocycles. The fourth-order valence-corrected chi connectivity index (χ4v) is 2.80. The maximum atomic E-state index is 5.41. The Bertz CT molecular complexity index is 417. The fourth-order valence-electron chi connectivity index (χ4n) is 2.80. The lowest BCUT2D eigenvalue weighted by Gasteiger charge is -2.20. The fraction of sp³-hybridized carbons (Fsp3) is 0.600. The summed E-state index contributed by atoms with van der Waals surface area (Å²) >= 11 is 0. The highest BCUT2D eigenvalue weighted by atomic mass is 16.5. The Labute approximate surface area is 109 Å². The summed E-state index contributed by atoms with van der Waals surface area (Å²) in [6.45, 7) is 2.32. The first kappa shape index (κ1) is 13.2. The zero-order chi connectivity index (χ0) is 13.1. The minimum Gasteiger partial charge on any atom is -0.493 e. The lowest BCUT2D eigenvalue weighted by atomic mass is 9.96. The Morgan fingerprint density at radius 3 is 2.44 bits per heavy atom. The number of aryl methyl sites for hydroxylation is 1. The summed E-state index contributed by atoms with van der Waals surface area (Å²) in [5.74, 6) is 2.40. The molecule has 18 heavy (non-hydrogen) atoms. The minimum absolute atomic E-state index is 0.414. The molecule has 0 bridgehead atoms. The molecular formula is C15H23NO2. The zero-order valence-electron chi connectivity index (χ0n) is 11.7. The number of hydrogen-bond donors (Lipinski definition) is 1. The molecule has 0 saturated heterocycles. The van der Waals surface area contributed by atoms with Crippen LogP contribution in [-0.2, 0) is 6.42 Å². The lowest BCUT2D eigenvalue weighted by molar-refractivity contribution is 0.353. The van der Waals surface area contributed by atoms with E-state index in [1.807, 2.05) is 7.05 Å². The van der Waals surface area contributed by atoms with Crippen LogP contribution in [0.5, 0.6) is 11.5 Å². The third kappa shape index (κ3) is 2.46.